The van der Waals surface area contributed by atoms with E-state index in [-0.39, 0.29) is 167 Å². The number of aromatic nitrogens is 6. The second-order valence-corrected chi connectivity index (χ2v) is 21.3. The molecule has 0 radical (unpaired) electrons. The molecule has 6 aromatic carbocycles. The van der Waals surface area contributed by atoms with Crippen LogP contribution in [0, 0.1) is 45.6 Å². The van der Waals surface area contributed by atoms with Crippen molar-refractivity contribution in [3.8, 4) is 0 Å². The first kappa shape index (κ1) is 76.1. The molecule has 0 aliphatic rings. The molecule has 0 atom stereocenters. The molecule has 0 saturated carbocycles. The molecule has 0 fully saturated rings. The minimum absolute atomic E-state index is 0. The van der Waals surface area contributed by atoms with Crippen LogP contribution in [-0.4, -0.2) is 117 Å². The summed E-state index contributed by atoms with van der Waals surface area (Å²) in [6, 6.07) is 17.4. The highest BCUT2D eigenvalue weighted by Gasteiger charge is 2.26. The molecule has 0 unspecified atom stereocenters. The number of Topliss-reactive ketones (excluding diaryl/α,β-unsaturated/α-hetero) is 2. The van der Waals surface area contributed by atoms with E-state index in [2.05, 4.69) is 59.7 Å². The van der Waals surface area contributed by atoms with Gasteiger partial charge in [0.1, 0.15) is 50.5 Å². The number of carbonyl (C=O) groups is 3. The molecular formula is C56H51Cl3F6I3N7O13. The largest absolute Gasteiger partial charge is 0.499 e. The van der Waals surface area contributed by atoms with Gasteiger partial charge in [0.05, 0.1) is 43.2 Å². The SMILES string of the molecule is C.C=COCCOCC(=O)c1cc2onnc2c(F)c1Cc1ccc(I)cc1F.C=COCCON.Cl.ClCCl.O=C(COCCO)c1cc2onnc2c(F)c1Cc1ccc(I)cc1F.O=C(O)c1cc2onnc2c(F)c1Cc1ccc(I)cc1F. The van der Waals surface area contributed by atoms with Gasteiger partial charge in [-0.05, 0) is 133 Å². The Kier molecular flexibility index (Phi) is 33.8. The summed E-state index contributed by atoms with van der Waals surface area (Å²) in [6.07, 6.45) is 2.13. The normalized spacial score (nSPS) is 10.4. The first-order valence-electron chi connectivity index (χ1n) is 24.4. The van der Waals surface area contributed by atoms with Crippen molar-refractivity contribution < 1.29 is 88.3 Å². The first-order chi connectivity index (χ1) is 41.3. The topological polar surface area (TPSA) is 281 Å². The van der Waals surface area contributed by atoms with Gasteiger partial charge in [0.15, 0.2) is 62.3 Å². The molecule has 0 spiro atoms. The Balaban J connectivity index is 0.000000318. The Bertz CT molecular complexity index is 3800. The smallest absolute Gasteiger partial charge is 0.336 e. The molecule has 472 valence electrons. The summed E-state index contributed by atoms with van der Waals surface area (Å²) in [7, 11) is 0. The minimum atomic E-state index is -1.34. The van der Waals surface area contributed by atoms with E-state index in [4.69, 9.17) is 56.1 Å². The van der Waals surface area contributed by atoms with Gasteiger partial charge in [-0.25, -0.2) is 37.0 Å². The molecular weight excluding hydrogens is 1580 g/mol. The number of ketones is 2. The molecule has 0 bridgehead atoms. The maximum Gasteiger partial charge on any atom is 0.336 e. The average Bonchev–Trinajstić information content (AvgIpc) is 2.54. The second-order valence-electron chi connectivity index (χ2n) is 16.8. The summed E-state index contributed by atoms with van der Waals surface area (Å²) >= 11 is 15.4. The molecule has 0 amide bonds. The fourth-order valence-electron chi connectivity index (χ4n) is 7.46. The van der Waals surface area contributed by atoms with Crippen LogP contribution in [-0.2, 0) is 43.0 Å². The number of fused-ring (bicyclic) bond motifs is 3. The third-order valence-electron chi connectivity index (χ3n) is 11.3. The zero-order valence-electron chi connectivity index (χ0n) is 44.7. The molecule has 0 aliphatic heterocycles. The average molecular weight is 1630 g/mol. The van der Waals surface area contributed by atoms with E-state index in [0.717, 1.165) is 6.07 Å². The summed E-state index contributed by atoms with van der Waals surface area (Å²) in [5.74, 6) is -1.60. The summed E-state index contributed by atoms with van der Waals surface area (Å²) in [5.41, 5.74) is -0.169. The third kappa shape index (κ3) is 21.8. The summed E-state index contributed by atoms with van der Waals surface area (Å²) in [6.45, 7) is 7.07. The number of carbonyl (C=O) groups excluding carboxylic acids is 2. The molecule has 20 nitrogen and oxygen atoms in total. The minimum Gasteiger partial charge on any atom is -0.499 e. The molecule has 0 saturated heterocycles. The second kappa shape index (κ2) is 39.1. The highest BCUT2D eigenvalue weighted by atomic mass is 127. The molecule has 88 heavy (non-hydrogen) atoms. The number of rotatable bonds is 23. The number of nitrogens with zero attached hydrogens (tertiary/aromatic N) is 6. The molecule has 4 N–H and O–H groups in total. The van der Waals surface area contributed by atoms with E-state index in [0.29, 0.717) is 23.9 Å². The summed E-state index contributed by atoms with van der Waals surface area (Å²) in [5, 5.41) is 38.6. The lowest BCUT2D eigenvalue weighted by Crippen LogP contribution is -2.15. The number of aliphatic hydroxyl groups excluding tert-OH is 1. The van der Waals surface area contributed by atoms with Gasteiger partial charge >= 0.3 is 5.97 Å². The van der Waals surface area contributed by atoms with E-state index in [9.17, 15) is 45.8 Å². The lowest BCUT2D eigenvalue weighted by molar-refractivity contribution is 0.0637. The standard InChI is InChI=1S/C19H15F2IN2O4.C17H13F2IN2O4.C14H7F2IN2O3.C4H9NO2.CH2Cl2.CH4.ClH/c1-2-26-5-6-27-10-16(25)13-9-17-19(23-24-28-17)18(21)14(13)7-11-3-4-12(22)8-15(11)20;18-13-6-10(20)2-1-9(13)5-12-11(14(24)8-25-4-3-23)7-15-17(16(12)19)21-22-26-15;15-10-4-7(17)2-1-6(10)3-8-9(14(20)21)5-11-13(12(8)16)18-19-22-11;1-2-6-3-4-7-5;2-1-3;;/h2-4,8-9H,1,5-7,10H2;1-2,6-7,23H,3-5,8H2;1-2,4-5H,3H2,(H,20,21);2H,1,3-5H2;1H2;1H4;1H. The van der Waals surface area contributed by atoms with Gasteiger partial charge in [-0.3, -0.25) is 9.59 Å². The van der Waals surface area contributed by atoms with Crippen LogP contribution in [0.3, 0.4) is 0 Å². The van der Waals surface area contributed by atoms with Crippen LogP contribution in [0.2, 0.25) is 0 Å². The van der Waals surface area contributed by atoms with Gasteiger partial charge in [-0.1, -0.05) is 38.8 Å². The van der Waals surface area contributed by atoms with Gasteiger partial charge in [0.2, 0.25) is 0 Å². The summed E-state index contributed by atoms with van der Waals surface area (Å²) in [4.78, 5) is 40.5. The van der Waals surface area contributed by atoms with Crippen LogP contribution in [0.25, 0.3) is 33.3 Å². The predicted octanol–water partition coefficient (Wildman–Crippen LogP) is 12.9. The maximum atomic E-state index is 15.0. The van der Waals surface area contributed by atoms with E-state index >= 15 is 0 Å². The van der Waals surface area contributed by atoms with Crippen LogP contribution in [0.4, 0.5) is 26.3 Å². The number of carboxylic acids is 1. The molecule has 32 heteroatoms. The Morgan fingerprint density at radius 3 is 1.20 bits per heavy atom. The number of aliphatic hydroxyl groups is 1. The van der Waals surface area contributed by atoms with E-state index in [1.54, 1.807) is 24.3 Å². The third-order valence-corrected chi connectivity index (χ3v) is 13.4. The van der Waals surface area contributed by atoms with Crippen LogP contribution < -0.4 is 5.90 Å². The van der Waals surface area contributed by atoms with Gasteiger partial charge in [-0.2, -0.15) is 0 Å². The van der Waals surface area contributed by atoms with Crippen molar-refractivity contribution in [2.75, 3.05) is 58.2 Å². The number of halogens is 12. The number of aromatic carboxylic acids is 1. The number of hydrogen-bond donors (Lipinski definition) is 3. The number of nitrogens with two attached hydrogens (primary N) is 1. The highest BCUT2D eigenvalue weighted by molar-refractivity contribution is 14.1. The number of hydrogen-bond acceptors (Lipinski definition) is 19. The lowest BCUT2D eigenvalue weighted by atomic mass is 9.95. The van der Waals surface area contributed by atoms with E-state index in [1.807, 2.05) is 67.8 Å². The van der Waals surface area contributed by atoms with E-state index in [1.165, 1.54) is 55.0 Å². The Morgan fingerprint density at radius 2 is 0.886 bits per heavy atom. The molecule has 9 rings (SSSR count). The van der Waals surface area contributed by atoms with Gasteiger partial charge in [-0.15, -0.1) is 50.9 Å². The van der Waals surface area contributed by atoms with Crippen LogP contribution in [0.1, 0.15) is 71.9 Å². The molecule has 3 aromatic heterocycles. The van der Waals surface area contributed by atoms with E-state index < -0.39 is 52.4 Å². The lowest BCUT2D eigenvalue weighted by Gasteiger charge is -2.11. The van der Waals surface area contributed by atoms with Gasteiger partial charge in [0, 0.05) is 79.7 Å². The predicted molar refractivity (Wildman–Crippen MR) is 338 cm³/mol. The zero-order chi connectivity index (χ0) is 62.9. The number of ether oxygens (including phenoxy) is 4. The molecule has 9 aromatic rings. The Hall–Kier alpha value is -6.15. The van der Waals surface area contributed by atoms with Crippen molar-refractivity contribution >= 4 is 154 Å². The Labute approximate surface area is 554 Å². The molecule has 0 aliphatic carbocycles. The van der Waals surface area contributed by atoms with Crippen molar-refractivity contribution in [2.45, 2.75) is 26.7 Å². The van der Waals surface area contributed by atoms with Crippen LogP contribution in [0.5, 0.6) is 0 Å². The quantitative estimate of drug-likeness (QED) is 0.0102. The zero-order valence-corrected chi connectivity index (χ0v) is 53.5. The fourth-order valence-corrected chi connectivity index (χ4v) is 8.82. The van der Waals surface area contributed by atoms with Gasteiger partial charge < -0.3 is 47.6 Å². The van der Waals surface area contributed by atoms with Crippen molar-refractivity contribution in [1.29, 1.82) is 0 Å². The van der Waals surface area contributed by atoms with Crippen molar-refractivity contribution in [1.82, 2.24) is 31.1 Å². The van der Waals surface area contributed by atoms with Crippen LogP contribution in [0.15, 0.2) is 112 Å². The van der Waals surface area contributed by atoms with Crippen LogP contribution >= 0.6 is 103 Å². The van der Waals surface area contributed by atoms with Crippen molar-refractivity contribution in [2.24, 2.45) is 5.90 Å². The monoisotopic (exact) mass is 1630 g/mol. The first-order valence-corrected chi connectivity index (χ1v) is 28.7. The molecule has 3 heterocycles. The van der Waals surface area contributed by atoms with Crippen molar-refractivity contribution in [3.63, 3.8) is 0 Å². The summed E-state index contributed by atoms with van der Waals surface area (Å²) < 4.78 is 123. The van der Waals surface area contributed by atoms with Crippen molar-refractivity contribution in [3.05, 3.63) is 194 Å². The number of alkyl halides is 2. The van der Waals surface area contributed by atoms with Gasteiger partial charge in [0.25, 0.3) is 0 Å². The highest BCUT2D eigenvalue weighted by Crippen LogP contribution is 2.31. The number of carboxylic acid groups (broad SMARTS) is 1. The fraction of sp³-hybridized carbons (Fsp3) is 0.232. The number of benzene rings is 6. The Morgan fingerprint density at radius 1 is 0.557 bits per heavy atom. The maximum absolute atomic E-state index is 15.0.